The standard InChI is InChI=1S/C12H11Cl2F3O/c13-6-2-1-3-11(18)8-4-5-10(14)9(7-8)12(15,16)17/h4-5,7H,1-3,6H2. The number of hydrogen-bond donors (Lipinski definition) is 0. The first-order valence-electron chi connectivity index (χ1n) is 5.32. The molecule has 1 rings (SSSR count). The summed E-state index contributed by atoms with van der Waals surface area (Å²) in [6.07, 6.45) is -3.14. The summed E-state index contributed by atoms with van der Waals surface area (Å²) in [6, 6.07) is 3.20. The van der Waals surface area contributed by atoms with E-state index in [0.29, 0.717) is 18.7 Å². The average Bonchev–Trinajstić information content (AvgIpc) is 2.28. The van der Waals surface area contributed by atoms with Gasteiger partial charge in [0.15, 0.2) is 5.78 Å². The normalized spacial score (nSPS) is 11.6. The Kier molecular flexibility index (Phi) is 5.47. The predicted molar refractivity (Wildman–Crippen MR) is 65.4 cm³/mol. The number of rotatable bonds is 5. The van der Waals surface area contributed by atoms with Crippen LogP contribution in [-0.4, -0.2) is 11.7 Å². The molecule has 0 aliphatic carbocycles. The number of ketones is 1. The molecule has 0 saturated carbocycles. The molecular formula is C12H11Cl2F3O. The lowest BCUT2D eigenvalue weighted by Gasteiger charge is -2.10. The Bertz CT molecular complexity index is 430. The number of benzene rings is 1. The van der Waals surface area contributed by atoms with Crippen molar-refractivity contribution < 1.29 is 18.0 Å². The molecule has 0 fully saturated rings. The van der Waals surface area contributed by atoms with Gasteiger partial charge in [-0.15, -0.1) is 11.6 Å². The van der Waals surface area contributed by atoms with Crippen LogP contribution in [0.4, 0.5) is 13.2 Å². The molecule has 0 bridgehead atoms. The Hall–Kier alpha value is -0.740. The quantitative estimate of drug-likeness (QED) is 0.427. The first kappa shape index (κ1) is 15.3. The molecule has 0 aliphatic rings. The Morgan fingerprint density at radius 3 is 2.44 bits per heavy atom. The van der Waals surface area contributed by atoms with Gasteiger partial charge in [-0.05, 0) is 31.0 Å². The third kappa shape index (κ3) is 4.18. The molecule has 0 aromatic heterocycles. The zero-order chi connectivity index (χ0) is 13.8. The van der Waals surface area contributed by atoms with Crippen LogP contribution >= 0.6 is 23.2 Å². The molecule has 0 saturated heterocycles. The zero-order valence-corrected chi connectivity index (χ0v) is 10.9. The van der Waals surface area contributed by atoms with E-state index in [1.165, 1.54) is 6.07 Å². The second-order valence-electron chi connectivity index (χ2n) is 3.76. The van der Waals surface area contributed by atoms with Crippen molar-refractivity contribution >= 4 is 29.0 Å². The number of halogens is 5. The van der Waals surface area contributed by atoms with E-state index in [4.69, 9.17) is 23.2 Å². The molecule has 0 aliphatic heterocycles. The van der Waals surface area contributed by atoms with E-state index in [2.05, 4.69) is 0 Å². The van der Waals surface area contributed by atoms with E-state index >= 15 is 0 Å². The molecule has 0 amide bonds. The maximum Gasteiger partial charge on any atom is 0.417 e. The molecule has 1 aromatic rings. The highest BCUT2D eigenvalue weighted by molar-refractivity contribution is 6.31. The Labute approximate surface area is 113 Å². The number of Topliss-reactive ketones (excluding diaryl/α,β-unsaturated/α-hetero) is 1. The predicted octanol–water partition coefficient (Wildman–Crippen LogP) is 4.95. The molecule has 18 heavy (non-hydrogen) atoms. The summed E-state index contributed by atoms with van der Waals surface area (Å²) in [6.45, 7) is 0. The van der Waals surface area contributed by atoms with E-state index in [9.17, 15) is 18.0 Å². The van der Waals surface area contributed by atoms with Crippen molar-refractivity contribution in [2.24, 2.45) is 0 Å². The molecule has 0 radical (unpaired) electrons. The highest BCUT2D eigenvalue weighted by Gasteiger charge is 2.33. The van der Waals surface area contributed by atoms with Crippen LogP contribution in [0.25, 0.3) is 0 Å². The summed E-state index contributed by atoms with van der Waals surface area (Å²) in [5.74, 6) is 0.101. The van der Waals surface area contributed by atoms with Gasteiger partial charge in [-0.3, -0.25) is 4.79 Å². The summed E-state index contributed by atoms with van der Waals surface area (Å²) in [5.41, 5.74) is -0.950. The SMILES string of the molecule is O=C(CCCCCl)c1ccc(Cl)c(C(F)(F)F)c1. The van der Waals surface area contributed by atoms with Crippen molar-refractivity contribution in [2.75, 3.05) is 5.88 Å². The number of carbonyl (C=O) groups excluding carboxylic acids is 1. The van der Waals surface area contributed by atoms with Gasteiger partial charge in [0.05, 0.1) is 10.6 Å². The van der Waals surface area contributed by atoms with Crippen molar-refractivity contribution in [3.8, 4) is 0 Å². The summed E-state index contributed by atoms with van der Waals surface area (Å²) in [4.78, 5) is 11.7. The largest absolute Gasteiger partial charge is 0.417 e. The maximum atomic E-state index is 12.6. The fourth-order valence-electron chi connectivity index (χ4n) is 1.44. The van der Waals surface area contributed by atoms with Crippen LogP contribution in [0.5, 0.6) is 0 Å². The second-order valence-corrected chi connectivity index (χ2v) is 4.55. The van der Waals surface area contributed by atoms with Crippen molar-refractivity contribution in [3.05, 3.63) is 34.3 Å². The van der Waals surface area contributed by atoms with Crippen molar-refractivity contribution in [1.82, 2.24) is 0 Å². The van der Waals surface area contributed by atoms with Crippen LogP contribution in [0, 0.1) is 0 Å². The van der Waals surface area contributed by atoms with Gasteiger partial charge in [-0.1, -0.05) is 11.6 Å². The van der Waals surface area contributed by atoms with Gasteiger partial charge in [-0.25, -0.2) is 0 Å². The maximum absolute atomic E-state index is 12.6. The number of hydrogen-bond acceptors (Lipinski definition) is 1. The van der Waals surface area contributed by atoms with Gasteiger partial charge in [0.1, 0.15) is 0 Å². The molecule has 1 aromatic carbocycles. The molecule has 0 unspecified atom stereocenters. The third-order valence-corrected chi connectivity index (χ3v) is 2.98. The molecule has 0 heterocycles. The molecule has 0 spiro atoms. The highest BCUT2D eigenvalue weighted by atomic mass is 35.5. The van der Waals surface area contributed by atoms with Gasteiger partial charge >= 0.3 is 6.18 Å². The van der Waals surface area contributed by atoms with Crippen LogP contribution in [0.3, 0.4) is 0 Å². The van der Waals surface area contributed by atoms with Crippen LogP contribution in [0.1, 0.15) is 35.2 Å². The van der Waals surface area contributed by atoms with Crippen molar-refractivity contribution in [1.29, 1.82) is 0 Å². The molecule has 1 nitrogen and oxygen atoms in total. The topological polar surface area (TPSA) is 17.1 Å². The van der Waals surface area contributed by atoms with E-state index in [-0.39, 0.29) is 17.8 Å². The lowest BCUT2D eigenvalue weighted by atomic mass is 10.0. The van der Waals surface area contributed by atoms with Crippen LogP contribution in [0.2, 0.25) is 5.02 Å². The Morgan fingerprint density at radius 2 is 1.89 bits per heavy atom. The van der Waals surface area contributed by atoms with Gasteiger partial charge in [0.25, 0.3) is 0 Å². The van der Waals surface area contributed by atoms with E-state index in [1.54, 1.807) is 0 Å². The van der Waals surface area contributed by atoms with Crippen molar-refractivity contribution in [2.45, 2.75) is 25.4 Å². The zero-order valence-electron chi connectivity index (χ0n) is 9.36. The van der Waals surface area contributed by atoms with E-state index in [0.717, 1.165) is 12.1 Å². The minimum atomic E-state index is -4.55. The van der Waals surface area contributed by atoms with Gasteiger partial charge in [0, 0.05) is 17.9 Å². The smallest absolute Gasteiger partial charge is 0.294 e. The lowest BCUT2D eigenvalue weighted by Crippen LogP contribution is -2.08. The fourth-order valence-corrected chi connectivity index (χ4v) is 1.85. The van der Waals surface area contributed by atoms with Crippen LogP contribution in [-0.2, 0) is 6.18 Å². The summed E-state index contributed by atoms with van der Waals surface area (Å²) >= 11 is 10.9. The summed E-state index contributed by atoms with van der Waals surface area (Å²) in [5, 5.41) is -0.403. The number of carbonyl (C=O) groups is 1. The molecule has 100 valence electrons. The second kappa shape index (κ2) is 6.43. The first-order chi connectivity index (χ1) is 8.36. The minimum absolute atomic E-state index is 0.0290. The average molecular weight is 299 g/mol. The van der Waals surface area contributed by atoms with Crippen LogP contribution in [0.15, 0.2) is 18.2 Å². The molecule has 0 atom stereocenters. The lowest BCUT2D eigenvalue weighted by molar-refractivity contribution is -0.137. The molecule has 0 N–H and O–H groups in total. The number of unbranched alkanes of at least 4 members (excludes halogenated alkanes) is 1. The third-order valence-electron chi connectivity index (χ3n) is 2.38. The van der Waals surface area contributed by atoms with Gasteiger partial charge < -0.3 is 0 Å². The summed E-state index contributed by atoms with van der Waals surface area (Å²) in [7, 11) is 0. The van der Waals surface area contributed by atoms with Gasteiger partial charge in [-0.2, -0.15) is 13.2 Å². The van der Waals surface area contributed by atoms with E-state index in [1.807, 2.05) is 0 Å². The highest BCUT2D eigenvalue weighted by Crippen LogP contribution is 2.35. The molecular weight excluding hydrogens is 288 g/mol. The monoisotopic (exact) mass is 298 g/mol. The summed E-state index contributed by atoms with van der Waals surface area (Å²) < 4.78 is 37.8. The van der Waals surface area contributed by atoms with Gasteiger partial charge in [0.2, 0.25) is 0 Å². The minimum Gasteiger partial charge on any atom is -0.294 e. The number of alkyl halides is 4. The van der Waals surface area contributed by atoms with Crippen LogP contribution < -0.4 is 0 Å². The Morgan fingerprint density at radius 1 is 1.22 bits per heavy atom. The fraction of sp³-hybridized carbons (Fsp3) is 0.417. The molecule has 6 heteroatoms. The van der Waals surface area contributed by atoms with E-state index < -0.39 is 16.8 Å². The van der Waals surface area contributed by atoms with Crippen molar-refractivity contribution in [3.63, 3.8) is 0 Å². The first-order valence-corrected chi connectivity index (χ1v) is 6.23. The Balaban J connectivity index is 2.88.